The molecule has 0 aliphatic heterocycles. The lowest BCUT2D eigenvalue weighted by Gasteiger charge is -1.94. The summed E-state index contributed by atoms with van der Waals surface area (Å²) in [5, 5.41) is 0.685. The van der Waals surface area contributed by atoms with E-state index in [1.807, 2.05) is 0 Å². The SMILES string of the molecule is O=Cc1coc2cc(-c3ncco3)ncc12. The van der Waals surface area contributed by atoms with Crippen LogP contribution in [-0.4, -0.2) is 16.3 Å². The van der Waals surface area contributed by atoms with Crippen LogP contribution in [0.25, 0.3) is 22.6 Å². The Morgan fingerprint density at radius 1 is 1.25 bits per heavy atom. The second-order valence-corrected chi connectivity index (χ2v) is 3.21. The third kappa shape index (κ3) is 1.22. The van der Waals surface area contributed by atoms with Gasteiger partial charge >= 0.3 is 0 Å². The number of rotatable bonds is 2. The fourth-order valence-corrected chi connectivity index (χ4v) is 1.50. The van der Waals surface area contributed by atoms with E-state index in [1.165, 1.54) is 12.5 Å². The van der Waals surface area contributed by atoms with Crippen LogP contribution in [0.1, 0.15) is 10.4 Å². The number of carbonyl (C=O) groups excluding carboxylic acids is 1. The summed E-state index contributed by atoms with van der Waals surface area (Å²) < 4.78 is 10.4. The Hall–Kier alpha value is -2.43. The van der Waals surface area contributed by atoms with Crippen molar-refractivity contribution in [1.29, 1.82) is 0 Å². The molecular formula is C11H6N2O3. The van der Waals surface area contributed by atoms with Crippen LogP contribution >= 0.6 is 0 Å². The summed E-state index contributed by atoms with van der Waals surface area (Å²) in [6, 6.07) is 1.69. The highest BCUT2D eigenvalue weighted by atomic mass is 16.3. The van der Waals surface area contributed by atoms with E-state index >= 15 is 0 Å². The maximum atomic E-state index is 10.7. The topological polar surface area (TPSA) is 69.1 Å². The van der Waals surface area contributed by atoms with E-state index in [4.69, 9.17) is 8.83 Å². The van der Waals surface area contributed by atoms with Crippen LogP contribution in [0.3, 0.4) is 0 Å². The molecule has 3 rings (SSSR count). The van der Waals surface area contributed by atoms with Gasteiger partial charge in [0, 0.05) is 17.6 Å². The molecule has 16 heavy (non-hydrogen) atoms. The molecule has 0 unspecified atom stereocenters. The Labute approximate surface area is 89.7 Å². The summed E-state index contributed by atoms with van der Waals surface area (Å²) in [4.78, 5) is 18.8. The first-order chi connectivity index (χ1) is 7.88. The summed E-state index contributed by atoms with van der Waals surface area (Å²) in [5.41, 5.74) is 1.65. The van der Waals surface area contributed by atoms with Crippen molar-refractivity contribution in [1.82, 2.24) is 9.97 Å². The van der Waals surface area contributed by atoms with Crippen LogP contribution in [0, 0.1) is 0 Å². The van der Waals surface area contributed by atoms with Gasteiger partial charge in [-0.1, -0.05) is 0 Å². The summed E-state index contributed by atoms with van der Waals surface area (Å²) in [6.07, 6.45) is 6.72. The number of nitrogens with zero attached hydrogens (tertiary/aromatic N) is 2. The smallest absolute Gasteiger partial charge is 0.245 e. The minimum absolute atomic E-state index is 0.422. The average molecular weight is 214 g/mol. The van der Waals surface area contributed by atoms with Gasteiger partial charge in [0.2, 0.25) is 5.89 Å². The molecule has 0 bridgehead atoms. The average Bonchev–Trinajstić information content (AvgIpc) is 2.97. The van der Waals surface area contributed by atoms with E-state index in [2.05, 4.69) is 9.97 Å². The number of hydrogen-bond acceptors (Lipinski definition) is 5. The summed E-state index contributed by atoms with van der Waals surface area (Å²) in [7, 11) is 0. The minimum atomic E-state index is 0.422. The zero-order chi connectivity index (χ0) is 11.0. The van der Waals surface area contributed by atoms with Gasteiger partial charge in [0.1, 0.15) is 23.8 Å². The zero-order valence-corrected chi connectivity index (χ0v) is 8.08. The maximum Gasteiger partial charge on any atom is 0.245 e. The van der Waals surface area contributed by atoms with Gasteiger partial charge in [0.05, 0.1) is 11.8 Å². The van der Waals surface area contributed by atoms with Crippen molar-refractivity contribution in [2.75, 3.05) is 0 Å². The monoisotopic (exact) mass is 214 g/mol. The molecule has 0 atom stereocenters. The number of carbonyl (C=O) groups is 1. The van der Waals surface area contributed by atoms with Crippen LogP contribution in [-0.2, 0) is 0 Å². The molecule has 0 radical (unpaired) electrons. The molecule has 0 aliphatic rings. The number of pyridine rings is 1. The van der Waals surface area contributed by atoms with Crippen LogP contribution < -0.4 is 0 Å². The molecule has 78 valence electrons. The van der Waals surface area contributed by atoms with Crippen molar-refractivity contribution >= 4 is 17.3 Å². The molecule has 5 nitrogen and oxygen atoms in total. The number of aldehydes is 1. The van der Waals surface area contributed by atoms with Crippen LogP contribution in [0.4, 0.5) is 0 Å². The highest BCUT2D eigenvalue weighted by molar-refractivity contribution is 5.96. The van der Waals surface area contributed by atoms with Gasteiger partial charge in [-0.25, -0.2) is 4.98 Å². The first-order valence-corrected chi connectivity index (χ1v) is 4.61. The molecule has 5 heteroatoms. The third-order valence-electron chi connectivity index (χ3n) is 2.27. The fourth-order valence-electron chi connectivity index (χ4n) is 1.50. The first kappa shape index (κ1) is 8.84. The van der Waals surface area contributed by atoms with Gasteiger partial charge in [-0.15, -0.1) is 0 Å². The van der Waals surface area contributed by atoms with Crippen molar-refractivity contribution in [3.8, 4) is 11.6 Å². The molecular weight excluding hydrogens is 208 g/mol. The quantitative estimate of drug-likeness (QED) is 0.612. The lowest BCUT2D eigenvalue weighted by molar-refractivity contribution is 0.112. The van der Waals surface area contributed by atoms with Crippen molar-refractivity contribution < 1.29 is 13.6 Å². The van der Waals surface area contributed by atoms with Gasteiger partial charge in [-0.05, 0) is 0 Å². The molecule has 0 aromatic carbocycles. The molecule has 3 heterocycles. The molecule has 0 aliphatic carbocycles. The van der Waals surface area contributed by atoms with Crippen molar-refractivity contribution in [3.05, 3.63) is 36.5 Å². The highest BCUT2D eigenvalue weighted by Crippen LogP contribution is 2.23. The number of hydrogen-bond donors (Lipinski definition) is 0. The molecule has 0 fully saturated rings. The molecule has 3 aromatic heterocycles. The predicted octanol–water partition coefficient (Wildman–Crippen LogP) is 2.30. The number of furan rings is 1. The van der Waals surface area contributed by atoms with Crippen molar-refractivity contribution in [2.24, 2.45) is 0 Å². The van der Waals surface area contributed by atoms with Gasteiger partial charge < -0.3 is 8.83 Å². The Morgan fingerprint density at radius 3 is 2.94 bits per heavy atom. The molecule has 0 spiro atoms. The minimum Gasteiger partial charge on any atom is -0.463 e. The maximum absolute atomic E-state index is 10.7. The Bertz CT molecular complexity index is 640. The highest BCUT2D eigenvalue weighted by Gasteiger charge is 2.09. The Kier molecular flexibility index (Phi) is 1.83. The molecule has 0 amide bonds. The molecule has 3 aromatic rings. The van der Waals surface area contributed by atoms with Gasteiger partial charge in [-0.3, -0.25) is 9.78 Å². The summed E-state index contributed by atoms with van der Waals surface area (Å²) in [6.45, 7) is 0. The van der Waals surface area contributed by atoms with Crippen LogP contribution in [0.15, 0.2) is 39.8 Å². The zero-order valence-electron chi connectivity index (χ0n) is 8.08. The molecule has 0 N–H and O–H groups in total. The van der Waals surface area contributed by atoms with E-state index in [9.17, 15) is 4.79 Å². The van der Waals surface area contributed by atoms with E-state index in [1.54, 1.807) is 18.5 Å². The van der Waals surface area contributed by atoms with Crippen LogP contribution in [0.2, 0.25) is 0 Å². The van der Waals surface area contributed by atoms with Crippen molar-refractivity contribution in [2.45, 2.75) is 0 Å². The lowest BCUT2D eigenvalue weighted by atomic mass is 10.2. The Balaban J connectivity index is 2.21. The second-order valence-electron chi connectivity index (χ2n) is 3.21. The summed E-state index contributed by atoms with van der Waals surface area (Å²) in [5.74, 6) is 0.422. The first-order valence-electron chi connectivity index (χ1n) is 4.61. The number of fused-ring (bicyclic) bond motifs is 1. The van der Waals surface area contributed by atoms with E-state index < -0.39 is 0 Å². The largest absolute Gasteiger partial charge is 0.463 e. The Morgan fingerprint density at radius 2 is 2.19 bits per heavy atom. The van der Waals surface area contributed by atoms with Crippen molar-refractivity contribution in [3.63, 3.8) is 0 Å². The molecule has 0 saturated heterocycles. The normalized spacial score (nSPS) is 10.8. The second kappa shape index (κ2) is 3.30. The van der Waals surface area contributed by atoms with Gasteiger partial charge in [0.15, 0.2) is 6.29 Å². The lowest BCUT2D eigenvalue weighted by Crippen LogP contribution is -1.83. The van der Waals surface area contributed by atoms with Gasteiger partial charge in [0.25, 0.3) is 0 Å². The summed E-state index contributed by atoms with van der Waals surface area (Å²) >= 11 is 0. The predicted molar refractivity (Wildman–Crippen MR) is 54.9 cm³/mol. The fraction of sp³-hybridized carbons (Fsp3) is 0. The number of aromatic nitrogens is 2. The van der Waals surface area contributed by atoms with E-state index in [-0.39, 0.29) is 0 Å². The standard InChI is InChI=1S/C11H6N2O3/c14-5-7-6-16-10-3-9(13-4-8(7)10)11-12-1-2-15-11/h1-6H. The van der Waals surface area contributed by atoms with Crippen LogP contribution in [0.5, 0.6) is 0 Å². The van der Waals surface area contributed by atoms with E-state index in [0.717, 1.165) is 6.29 Å². The third-order valence-corrected chi connectivity index (χ3v) is 2.27. The van der Waals surface area contributed by atoms with E-state index in [0.29, 0.717) is 28.1 Å². The number of oxazole rings is 1. The van der Waals surface area contributed by atoms with Gasteiger partial charge in [-0.2, -0.15) is 0 Å². The molecule has 0 saturated carbocycles.